The summed E-state index contributed by atoms with van der Waals surface area (Å²) in [5.74, 6) is -6.95. The molecule has 1 aromatic carbocycles. The number of esters is 1. The summed E-state index contributed by atoms with van der Waals surface area (Å²) in [6, 6.07) is 6.52. The van der Waals surface area contributed by atoms with Crippen molar-refractivity contribution in [3.05, 3.63) is 46.7 Å². The van der Waals surface area contributed by atoms with Crippen LogP contribution in [0.3, 0.4) is 0 Å². The van der Waals surface area contributed by atoms with Gasteiger partial charge in [-0.15, -0.1) is 0 Å². The molecule has 0 fully saturated rings. The van der Waals surface area contributed by atoms with Crippen molar-refractivity contribution in [2.75, 3.05) is 26.1 Å². The Morgan fingerprint density at radius 1 is 1.22 bits per heavy atom. The highest BCUT2D eigenvalue weighted by Crippen LogP contribution is 2.58. The first-order chi connectivity index (χ1) is 14.8. The molecule has 6 nitrogen and oxygen atoms in total. The molecule has 174 valence electrons. The molecule has 3 rings (SSSR count). The van der Waals surface area contributed by atoms with Gasteiger partial charge in [-0.05, 0) is 29.5 Å². The third-order valence-corrected chi connectivity index (χ3v) is 6.02. The Bertz CT molecular complexity index is 990. The minimum atomic E-state index is -5.31. The summed E-state index contributed by atoms with van der Waals surface area (Å²) in [7, 11) is 4.55. The Labute approximate surface area is 184 Å². The number of anilines is 1. The van der Waals surface area contributed by atoms with E-state index in [1.807, 2.05) is 10.8 Å². The third kappa shape index (κ3) is 3.91. The van der Waals surface area contributed by atoms with E-state index in [-0.39, 0.29) is 29.7 Å². The zero-order valence-corrected chi connectivity index (χ0v) is 18.5. The highest BCUT2D eigenvalue weighted by molar-refractivity contribution is 5.78. The van der Waals surface area contributed by atoms with Crippen LogP contribution in [0.4, 0.5) is 18.9 Å². The van der Waals surface area contributed by atoms with Crippen molar-refractivity contribution in [2.45, 2.75) is 44.6 Å². The van der Waals surface area contributed by atoms with Crippen LogP contribution >= 0.6 is 0 Å². The molecule has 0 bridgehead atoms. The number of hydrogen-bond donors (Lipinski definition) is 1. The number of hydrogen-bond acceptors (Lipinski definition) is 6. The lowest BCUT2D eigenvalue weighted by molar-refractivity contribution is -0.378. The minimum Gasteiger partial charge on any atom is -0.469 e. The molecule has 0 amide bonds. The summed E-state index contributed by atoms with van der Waals surface area (Å²) in [6.45, 7) is 3.55. The topological polar surface area (TPSA) is 76.1 Å². The van der Waals surface area contributed by atoms with Crippen LogP contribution in [-0.2, 0) is 19.1 Å². The number of methoxy groups -OCH3 is 1. The average Bonchev–Trinajstić information content (AvgIpc) is 2.70. The second kappa shape index (κ2) is 7.98. The predicted molar refractivity (Wildman–Crippen MR) is 110 cm³/mol. The molecule has 1 aliphatic heterocycles. The van der Waals surface area contributed by atoms with Gasteiger partial charge >= 0.3 is 17.9 Å². The maximum Gasteiger partial charge on any atom is 0.456 e. The van der Waals surface area contributed by atoms with E-state index in [0.29, 0.717) is 5.56 Å². The van der Waals surface area contributed by atoms with Crippen molar-refractivity contribution in [3.63, 3.8) is 0 Å². The zero-order chi connectivity index (χ0) is 24.1. The fourth-order valence-electron chi connectivity index (χ4n) is 4.52. The van der Waals surface area contributed by atoms with Crippen LogP contribution in [0.2, 0.25) is 0 Å². The van der Waals surface area contributed by atoms with E-state index < -0.39 is 35.2 Å². The van der Waals surface area contributed by atoms with E-state index >= 15 is 0 Å². The number of benzene rings is 1. The Morgan fingerprint density at radius 2 is 1.81 bits per heavy atom. The van der Waals surface area contributed by atoms with E-state index in [2.05, 4.69) is 4.74 Å². The standard InChI is InChI=1S/C23H26F3NO5/c1-21(2)10-14(12-28)17-16(11-21)32-22(30,23(24,25)26)19(20(29)31-5)18(17)13-6-8-15(9-7-13)27(3)4/h6-9,18-19,30H,10-11H2,1-5H3/t18-,19-,22+/m1/s1. The van der Waals surface area contributed by atoms with E-state index in [9.17, 15) is 27.9 Å². The number of aliphatic hydroxyl groups is 1. The van der Waals surface area contributed by atoms with E-state index in [1.165, 1.54) is 0 Å². The summed E-state index contributed by atoms with van der Waals surface area (Å²) >= 11 is 0. The van der Waals surface area contributed by atoms with E-state index in [4.69, 9.17) is 4.74 Å². The summed E-state index contributed by atoms with van der Waals surface area (Å²) in [5.41, 5.74) is 0.774. The molecule has 2 aliphatic rings. The van der Waals surface area contributed by atoms with Crippen molar-refractivity contribution in [1.82, 2.24) is 0 Å². The SMILES string of the molecule is COC(=O)[C@H]1[C@H](c2ccc(N(C)C)cc2)C2=C(CC(C)(C)CC2=C=O)O[C@]1(O)C(F)(F)F. The minimum absolute atomic E-state index is 0.0477. The average molecular weight is 453 g/mol. The first kappa shape index (κ1) is 23.9. The van der Waals surface area contributed by atoms with Crippen LogP contribution in [-0.4, -0.2) is 50.2 Å². The van der Waals surface area contributed by atoms with Crippen molar-refractivity contribution in [2.24, 2.45) is 11.3 Å². The maximum atomic E-state index is 14.2. The lowest BCUT2D eigenvalue weighted by atomic mass is 9.65. The quantitative estimate of drug-likeness (QED) is 0.555. The first-order valence-corrected chi connectivity index (χ1v) is 10.1. The molecule has 0 spiro atoms. The van der Waals surface area contributed by atoms with Gasteiger partial charge in [0.25, 0.3) is 0 Å². The maximum absolute atomic E-state index is 14.2. The van der Waals surface area contributed by atoms with Crippen LogP contribution in [0.5, 0.6) is 0 Å². The molecular weight excluding hydrogens is 427 g/mol. The van der Waals surface area contributed by atoms with Crippen LogP contribution in [0.1, 0.15) is 38.2 Å². The van der Waals surface area contributed by atoms with Gasteiger partial charge in [0.2, 0.25) is 0 Å². The molecule has 1 N–H and O–H groups in total. The fourth-order valence-corrected chi connectivity index (χ4v) is 4.52. The largest absolute Gasteiger partial charge is 0.469 e. The summed E-state index contributed by atoms with van der Waals surface area (Å²) in [6.07, 6.45) is -5.02. The molecular formula is C23H26F3NO5. The zero-order valence-electron chi connectivity index (χ0n) is 18.5. The fraction of sp³-hybridized carbons (Fsp3) is 0.522. The van der Waals surface area contributed by atoms with Crippen molar-refractivity contribution >= 4 is 17.6 Å². The van der Waals surface area contributed by atoms with Gasteiger partial charge in [-0.1, -0.05) is 26.0 Å². The lowest BCUT2D eigenvalue weighted by Gasteiger charge is -2.48. The number of allylic oxidation sites excluding steroid dienone is 3. The Morgan fingerprint density at radius 3 is 2.28 bits per heavy atom. The predicted octanol–water partition coefficient (Wildman–Crippen LogP) is 3.74. The Kier molecular flexibility index (Phi) is 5.95. The highest BCUT2D eigenvalue weighted by atomic mass is 19.4. The number of rotatable bonds is 3. The van der Waals surface area contributed by atoms with Gasteiger partial charge in [0, 0.05) is 43.3 Å². The van der Waals surface area contributed by atoms with E-state index in [0.717, 1.165) is 12.8 Å². The van der Waals surface area contributed by atoms with Gasteiger partial charge in [0.15, 0.2) is 0 Å². The molecule has 1 aromatic rings. The second-order valence-corrected chi connectivity index (χ2v) is 9.20. The monoisotopic (exact) mass is 453 g/mol. The molecule has 0 aromatic heterocycles. The van der Waals surface area contributed by atoms with Gasteiger partial charge in [0.1, 0.15) is 17.6 Å². The number of alkyl halides is 3. The number of ether oxygens (including phenoxy) is 2. The van der Waals surface area contributed by atoms with Crippen LogP contribution < -0.4 is 4.90 Å². The number of nitrogens with zero attached hydrogens (tertiary/aromatic N) is 1. The molecule has 9 heteroatoms. The molecule has 1 aliphatic carbocycles. The molecule has 3 atom stereocenters. The number of halogens is 3. The lowest BCUT2D eigenvalue weighted by Crippen LogP contribution is -2.60. The normalized spacial score (nSPS) is 27.2. The molecule has 0 saturated heterocycles. The third-order valence-electron chi connectivity index (χ3n) is 6.02. The van der Waals surface area contributed by atoms with Gasteiger partial charge in [0.05, 0.1) is 7.11 Å². The van der Waals surface area contributed by atoms with Gasteiger partial charge in [-0.3, -0.25) is 4.79 Å². The Hall–Kier alpha value is -2.77. The molecule has 1 heterocycles. The van der Waals surface area contributed by atoms with Gasteiger partial charge < -0.3 is 19.5 Å². The summed E-state index contributed by atoms with van der Waals surface area (Å²) in [4.78, 5) is 26.4. The Balaban J connectivity index is 2.34. The van der Waals surface area contributed by atoms with Gasteiger partial charge in [-0.2, -0.15) is 13.2 Å². The van der Waals surface area contributed by atoms with Crippen LogP contribution in [0.25, 0.3) is 0 Å². The van der Waals surface area contributed by atoms with Crippen LogP contribution in [0.15, 0.2) is 41.2 Å². The van der Waals surface area contributed by atoms with Crippen molar-refractivity contribution < 1.29 is 37.3 Å². The smallest absolute Gasteiger partial charge is 0.456 e. The summed E-state index contributed by atoms with van der Waals surface area (Å²) < 4.78 is 52.3. The number of carbonyl (C=O) groups is 1. The number of carbonyl (C=O) groups excluding carboxylic acids is 2. The summed E-state index contributed by atoms with van der Waals surface area (Å²) in [5, 5.41) is 10.8. The molecule has 0 saturated carbocycles. The molecule has 0 radical (unpaired) electrons. The molecule has 0 unspecified atom stereocenters. The highest BCUT2D eigenvalue weighted by Gasteiger charge is 2.69. The van der Waals surface area contributed by atoms with Crippen LogP contribution in [0, 0.1) is 11.3 Å². The van der Waals surface area contributed by atoms with Gasteiger partial charge in [-0.25, -0.2) is 4.79 Å². The second-order valence-electron chi connectivity index (χ2n) is 9.20. The first-order valence-electron chi connectivity index (χ1n) is 10.1. The van der Waals surface area contributed by atoms with Crippen molar-refractivity contribution in [3.8, 4) is 0 Å². The molecule has 32 heavy (non-hydrogen) atoms. The van der Waals surface area contributed by atoms with Crippen molar-refractivity contribution in [1.29, 1.82) is 0 Å². The van der Waals surface area contributed by atoms with E-state index in [1.54, 1.807) is 52.2 Å².